The number of piperidine rings is 1. The number of pyridine rings is 1. The van der Waals surface area contributed by atoms with Gasteiger partial charge in [0.15, 0.2) is 0 Å². The molecule has 116 valence electrons. The molecule has 3 heterocycles. The minimum atomic E-state index is -0.445. The lowest BCUT2D eigenvalue weighted by atomic mass is 9.95. The number of carbonyl (C=O) groups excluding carboxylic acids is 1. The Bertz CT molecular complexity index is 725. The standard InChI is InChI=1S/C16H21N5O/c1-16(2,12-7-18-21-6-4-3-5-13(12)21)19-15(22)14-10-8-20(17)9-11(10)14/h3-7,10-11,14H,8-9,17H2,1-2H3,(H,19,22)/t10-,11+,14+. The summed E-state index contributed by atoms with van der Waals surface area (Å²) in [6, 6.07) is 5.95. The predicted molar refractivity (Wildman–Crippen MR) is 82.6 cm³/mol. The molecule has 0 bridgehead atoms. The van der Waals surface area contributed by atoms with Crippen molar-refractivity contribution in [2.75, 3.05) is 13.1 Å². The van der Waals surface area contributed by atoms with Crippen LogP contribution in [0.25, 0.3) is 5.52 Å². The van der Waals surface area contributed by atoms with Gasteiger partial charge in [-0.3, -0.25) is 10.6 Å². The number of nitrogens with zero attached hydrogens (tertiary/aromatic N) is 3. The number of hydrogen-bond acceptors (Lipinski definition) is 4. The van der Waals surface area contributed by atoms with Gasteiger partial charge in [-0.05, 0) is 37.8 Å². The molecule has 0 radical (unpaired) electrons. The fraction of sp³-hybridized carbons (Fsp3) is 0.500. The Morgan fingerprint density at radius 2 is 2.09 bits per heavy atom. The average molecular weight is 299 g/mol. The lowest BCUT2D eigenvalue weighted by molar-refractivity contribution is -0.125. The van der Waals surface area contributed by atoms with Gasteiger partial charge in [0.25, 0.3) is 0 Å². The molecule has 0 unspecified atom stereocenters. The molecule has 2 aliphatic rings. The Morgan fingerprint density at radius 3 is 2.82 bits per heavy atom. The van der Waals surface area contributed by atoms with Crippen molar-refractivity contribution in [1.82, 2.24) is 19.9 Å². The summed E-state index contributed by atoms with van der Waals surface area (Å²) >= 11 is 0. The van der Waals surface area contributed by atoms with Crippen molar-refractivity contribution in [2.24, 2.45) is 23.6 Å². The number of amides is 1. The molecule has 3 atom stereocenters. The van der Waals surface area contributed by atoms with E-state index >= 15 is 0 Å². The number of carbonyl (C=O) groups is 1. The van der Waals surface area contributed by atoms with Crippen molar-refractivity contribution in [3.8, 4) is 0 Å². The molecule has 1 saturated carbocycles. The molecule has 1 saturated heterocycles. The van der Waals surface area contributed by atoms with Gasteiger partial charge in [0.1, 0.15) is 0 Å². The SMILES string of the molecule is CC(C)(NC(=O)[C@H]1[C@@H]2CN(N)C[C@@H]21)c1cnn2ccccc12. The summed E-state index contributed by atoms with van der Waals surface area (Å²) in [7, 11) is 0. The third-order valence-corrected chi connectivity index (χ3v) is 5.06. The Balaban J connectivity index is 1.53. The van der Waals surface area contributed by atoms with E-state index in [1.54, 1.807) is 0 Å². The second kappa shape index (κ2) is 4.54. The molecule has 6 heteroatoms. The number of fused-ring (bicyclic) bond motifs is 2. The van der Waals surface area contributed by atoms with E-state index in [9.17, 15) is 4.79 Å². The lowest BCUT2D eigenvalue weighted by Gasteiger charge is -2.26. The van der Waals surface area contributed by atoms with Gasteiger partial charge in [-0.2, -0.15) is 5.10 Å². The summed E-state index contributed by atoms with van der Waals surface area (Å²) in [6.45, 7) is 5.73. The first-order valence-electron chi connectivity index (χ1n) is 7.72. The molecule has 2 aromatic heterocycles. The average Bonchev–Trinajstić information content (AvgIpc) is 2.84. The second-order valence-corrected chi connectivity index (χ2v) is 7.01. The fourth-order valence-corrected chi connectivity index (χ4v) is 3.82. The highest BCUT2D eigenvalue weighted by atomic mass is 16.2. The van der Waals surface area contributed by atoms with Gasteiger partial charge in [-0.1, -0.05) is 6.07 Å². The number of nitrogens with two attached hydrogens (primary N) is 1. The van der Waals surface area contributed by atoms with E-state index in [0.717, 1.165) is 24.2 Å². The van der Waals surface area contributed by atoms with Crippen LogP contribution in [0.4, 0.5) is 0 Å². The van der Waals surface area contributed by atoms with Gasteiger partial charge in [0.05, 0.1) is 17.3 Å². The Morgan fingerprint density at radius 1 is 1.36 bits per heavy atom. The van der Waals surface area contributed by atoms with Crippen LogP contribution in [0.5, 0.6) is 0 Å². The van der Waals surface area contributed by atoms with Gasteiger partial charge in [0, 0.05) is 30.8 Å². The summed E-state index contributed by atoms with van der Waals surface area (Å²) in [5.74, 6) is 6.91. The van der Waals surface area contributed by atoms with Crippen molar-refractivity contribution in [3.05, 3.63) is 36.2 Å². The third kappa shape index (κ3) is 2.02. The van der Waals surface area contributed by atoms with Gasteiger partial charge in [0.2, 0.25) is 5.91 Å². The topological polar surface area (TPSA) is 75.7 Å². The van der Waals surface area contributed by atoms with Crippen LogP contribution in [0.2, 0.25) is 0 Å². The van der Waals surface area contributed by atoms with Crippen LogP contribution in [0, 0.1) is 17.8 Å². The molecule has 6 nitrogen and oxygen atoms in total. The molecule has 0 aromatic carbocycles. The van der Waals surface area contributed by atoms with Crippen molar-refractivity contribution in [1.29, 1.82) is 0 Å². The second-order valence-electron chi connectivity index (χ2n) is 7.01. The van der Waals surface area contributed by atoms with Gasteiger partial charge >= 0.3 is 0 Å². The maximum Gasteiger partial charge on any atom is 0.224 e. The van der Waals surface area contributed by atoms with Gasteiger partial charge in [-0.25, -0.2) is 9.52 Å². The first-order valence-corrected chi connectivity index (χ1v) is 7.72. The largest absolute Gasteiger partial charge is 0.347 e. The summed E-state index contributed by atoms with van der Waals surface area (Å²) < 4.78 is 1.83. The first kappa shape index (κ1) is 13.7. The van der Waals surface area contributed by atoms with E-state index in [0.29, 0.717) is 11.8 Å². The van der Waals surface area contributed by atoms with E-state index in [1.165, 1.54) is 0 Å². The van der Waals surface area contributed by atoms with Crippen LogP contribution in [0.3, 0.4) is 0 Å². The number of aromatic nitrogens is 2. The first-order chi connectivity index (χ1) is 10.5. The zero-order chi connectivity index (χ0) is 15.5. The van der Waals surface area contributed by atoms with Crippen LogP contribution in [0.15, 0.2) is 30.6 Å². The van der Waals surface area contributed by atoms with Crippen molar-refractivity contribution in [3.63, 3.8) is 0 Å². The van der Waals surface area contributed by atoms with Crippen LogP contribution in [-0.4, -0.2) is 33.6 Å². The quantitative estimate of drug-likeness (QED) is 0.820. The lowest BCUT2D eigenvalue weighted by Crippen LogP contribution is -2.43. The molecule has 22 heavy (non-hydrogen) atoms. The van der Waals surface area contributed by atoms with Gasteiger partial charge in [-0.15, -0.1) is 0 Å². The molecule has 4 rings (SSSR count). The Hall–Kier alpha value is -1.92. The smallest absolute Gasteiger partial charge is 0.224 e. The van der Waals surface area contributed by atoms with Crippen LogP contribution >= 0.6 is 0 Å². The van der Waals surface area contributed by atoms with E-state index < -0.39 is 5.54 Å². The molecule has 2 fully saturated rings. The number of hydrazine groups is 1. The van der Waals surface area contributed by atoms with Crippen LogP contribution < -0.4 is 11.2 Å². The highest BCUT2D eigenvalue weighted by molar-refractivity contribution is 5.83. The third-order valence-electron chi connectivity index (χ3n) is 5.06. The Kier molecular flexibility index (Phi) is 2.83. The zero-order valence-corrected chi connectivity index (χ0v) is 12.9. The van der Waals surface area contributed by atoms with E-state index in [4.69, 9.17) is 5.84 Å². The molecule has 0 spiro atoms. The minimum absolute atomic E-state index is 0.126. The monoisotopic (exact) mass is 299 g/mol. The summed E-state index contributed by atoms with van der Waals surface area (Å²) in [5, 5.41) is 9.38. The minimum Gasteiger partial charge on any atom is -0.347 e. The zero-order valence-electron chi connectivity index (χ0n) is 12.9. The van der Waals surface area contributed by atoms with Crippen LogP contribution in [-0.2, 0) is 10.3 Å². The van der Waals surface area contributed by atoms with Crippen LogP contribution in [0.1, 0.15) is 19.4 Å². The van der Waals surface area contributed by atoms with E-state index in [-0.39, 0.29) is 11.8 Å². The highest BCUT2D eigenvalue weighted by Gasteiger charge is 2.59. The van der Waals surface area contributed by atoms with Crippen molar-refractivity contribution in [2.45, 2.75) is 19.4 Å². The molecular weight excluding hydrogens is 278 g/mol. The molecule has 1 amide bonds. The maximum absolute atomic E-state index is 12.6. The van der Waals surface area contributed by atoms with Crippen molar-refractivity contribution >= 4 is 11.4 Å². The maximum atomic E-state index is 12.6. The summed E-state index contributed by atoms with van der Waals surface area (Å²) in [6.07, 6.45) is 3.75. The normalized spacial score (nSPS) is 27.9. The summed E-state index contributed by atoms with van der Waals surface area (Å²) in [4.78, 5) is 12.6. The molecular formula is C16H21N5O. The molecule has 1 aliphatic carbocycles. The Labute approximate surface area is 129 Å². The predicted octanol–water partition coefficient (Wildman–Crippen LogP) is 0.737. The molecule has 2 aromatic rings. The summed E-state index contributed by atoms with van der Waals surface area (Å²) in [5.41, 5.74) is 1.61. The fourth-order valence-electron chi connectivity index (χ4n) is 3.82. The highest BCUT2D eigenvalue weighted by Crippen LogP contribution is 2.51. The number of rotatable bonds is 3. The molecule has 1 aliphatic heterocycles. The van der Waals surface area contributed by atoms with Gasteiger partial charge < -0.3 is 5.32 Å². The number of hydrogen-bond donors (Lipinski definition) is 2. The van der Waals surface area contributed by atoms with E-state index in [2.05, 4.69) is 10.4 Å². The van der Waals surface area contributed by atoms with E-state index in [1.807, 2.05) is 54.0 Å². The number of nitrogens with one attached hydrogen (secondary N) is 1. The van der Waals surface area contributed by atoms with Crippen molar-refractivity contribution < 1.29 is 4.79 Å². The molecule has 3 N–H and O–H groups in total.